The van der Waals surface area contributed by atoms with Crippen molar-refractivity contribution >= 4 is 23.3 Å². The van der Waals surface area contributed by atoms with Gasteiger partial charge in [-0.3, -0.25) is 9.59 Å². The third-order valence-electron chi connectivity index (χ3n) is 7.64. The van der Waals surface area contributed by atoms with Gasteiger partial charge in [0.2, 0.25) is 5.91 Å². The largest absolute Gasteiger partial charge is 0.497 e. The van der Waals surface area contributed by atoms with E-state index in [0.29, 0.717) is 29.4 Å². The number of anilines is 2. The third-order valence-corrected chi connectivity index (χ3v) is 7.64. The number of hydrogen-bond acceptors (Lipinski definition) is 7. The lowest BCUT2D eigenvalue weighted by molar-refractivity contribution is -0.125. The molecule has 0 spiro atoms. The fourth-order valence-corrected chi connectivity index (χ4v) is 5.11. The quantitative estimate of drug-likeness (QED) is 0.238. The molecule has 0 atom stereocenters. The average Bonchev–Trinajstić information content (AvgIpc) is 3.32. The Morgan fingerprint density at radius 2 is 1.68 bits per heavy atom. The van der Waals surface area contributed by atoms with Crippen molar-refractivity contribution in [1.29, 1.82) is 0 Å². The smallest absolute Gasteiger partial charge is 0.260 e. The molecule has 1 aliphatic heterocycles. The van der Waals surface area contributed by atoms with Crippen LogP contribution >= 0.6 is 0 Å². The van der Waals surface area contributed by atoms with E-state index in [4.69, 9.17) is 9.47 Å². The van der Waals surface area contributed by atoms with E-state index in [1.807, 2.05) is 26.8 Å². The standard InChI is InChI=1S/C33H33F2N5O4/c1-6-36-32(42)33(2,3)20-11-13-21(14-12-20)37-30-28-25(38-29(39-30)27-23(34)8-7-9-24(27)35)18-40(31(28)41)17-19-10-15-22(43-4)16-26(19)44-5/h7-16H,6,17-18H2,1-5H3,(H,36,42)(H,37,38,39). The van der Waals surface area contributed by atoms with E-state index in [0.717, 1.165) is 23.3 Å². The monoisotopic (exact) mass is 601 g/mol. The van der Waals surface area contributed by atoms with Crippen LogP contribution < -0.4 is 20.1 Å². The molecule has 9 nitrogen and oxygen atoms in total. The maximum atomic E-state index is 14.8. The predicted octanol–water partition coefficient (Wildman–Crippen LogP) is 5.75. The van der Waals surface area contributed by atoms with Crippen LogP contribution in [0.3, 0.4) is 0 Å². The highest BCUT2D eigenvalue weighted by molar-refractivity contribution is 6.03. The Morgan fingerprint density at radius 1 is 0.977 bits per heavy atom. The maximum Gasteiger partial charge on any atom is 0.260 e. The van der Waals surface area contributed by atoms with Crippen molar-refractivity contribution < 1.29 is 27.8 Å². The fraction of sp³-hybridized carbons (Fsp3) is 0.273. The molecule has 2 N–H and O–H groups in total. The summed E-state index contributed by atoms with van der Waals surface area (Å²) in [6.07, 6.45) is 0. The Bertz CT molecular complexity index is 1710. The second-order valence-corrected chi connectivity index (χ2v) is 10.8. The van der Waals surface area contributed by atoms with Crippen LogP contribution in [0.4, 0.5) is 20.3 Å². The van der Waals surface area contributed by atoms with Crippen molar-refractivity contribution in [2.75, 3.05) is 26.1 Å². The van der Waals surface area contributed by atoms with Crippen molar-refractivity contribution in [1.82, 2.24) is 20.2 Å². The van der Waals surface area contributed by atoms with Crippen LogP contribution in [0.5, 0.6) is 11.5 Å². The number of nitrogens with zero attached hydrogens (tertiary/aromatic N) is 3. The fourth-order valence-electron chi connectivity index (χ4n) is 5.11. The van der Waals surface area contributed by atoms with Gasteiger partial charge in [-0.15, -0.1) is 0 Å². The number of fused-ring (bicyclic) bond motifs is 1. The number of benzene rings is 3. The predicted molar refractivity (Wildman–Crippen MR) is 162 cm³/mol. The minimum atomic E-state index is -0.822. The zero-order valence-corrected chi connectivity index (χ0v) is 25.1. The molecule has 1 aromatic heterocycles. The molecule has 0 aliphatic carbocycles. The van der Waals surface area contributed by atoms with Gasteiger partial charge in [0.25, 0.3) is 5.91 Å². The molecule has 2 amide bonds. The first kappa shape index (κ1) is 30.4. The number of carbonyl (C=O) groups is 2. The second kappa shape index (κ2) is 12.3. The van der Waals surface area contributed by atoms with Crippen molar-refractivity contribution in [3.05, 3.63) is 94.7 Å². The molecular weight excluding hydrogens is 568 g/mol. The molecule has 44 heavy (non-hydrogen) atoms. The summed E-state index contributed by atoms with van der Waals surface area (Å²) >= 11 is 0. The van der Waals surface area contributed by atoms with E-state index >= 15 is 0 Å². The number of rotatable bonds is 10. The number of halogens is 2. The van der Waals surface area contributed by atoms with Gasteiger partial charge in [0.05, 0.1) is 44.0 Å². The highest BCUT2D eigenvalue weighted by Crippen LogP contribution is 2.35. The van der Waals surface area contributed by atoms with E-state index in [1.54, 1.807) is 48.4 Å². The molecule has 3 aromatic carbocycles. The summed E-state index contributed by atoms with van der Waals surface area (Å²) in [5.41, 5.74) is 1.44. The van der Waals surface area contributed by atoms with E-state index in [2.05, 4.69) is 20.6 Å². The summed E-state index contributed by atoms with van der Waals surface area (Å²) in [6.45, 7) is 6.31. The Hall–Kier alpha value is -5.06. The highest BCUT2D eigenvalue weighted by Gasteiger charge is 2.35. The van der Waals surface area contributed by atoms with Crippen LogP contribution in [-0.4, -0.2) is 47.4 Å². The zero-order chi connectivity index (χ0) is 31.6. The van der Waals surface area contributed by atoms with Crippen LogP contribution in [0.15, 0.2) is 60.7 Å². The molecule has 228 valence electrons. The number of aromatic nitrogens is 2. The van der Waals surface area contributed by atoms with Crippen LogP contribution in [-0.2, 0) is 23.3 Å². The molecule has 0 fully saturated rings. The second-order valence-electron chi connectivity index (χ2n) is 10.8. The Kier molecular flexibility index (Phi) is 8.48. The summed E-state index contributed by atoms with van der Waals surface area (Å²) in [5.74, 6) is -1.03. The number of ether oxygens (including phenoxy) is 2. The van der Waals surface area contributed by atoms with Crippen LogP contribution in [0.1, 0.15) is 48.0 Å². The van der Waals surface area contributed by atoms with Crippen molar-refractivity contribution in [3.8, 4) is 22.9 Å². The molecule has 0 unspecified atom stereocenters. The Morgan fingerprint density at radius 3 is 2.32 bits per heavy atom. The van der Waals surface area contributed by atoms with Crippen molar-refractivity contribution in [3.63, 3.8) is 0 Å². The van der Waals surface area contributed by atoms with Gasteiger partial charge in [-0.2, -0.15) is 0 Å². The van der Waals surface area contributed by atoms with Gasteiger partial charge >= 0.3 is 0 Å². The van der Waals surface area contributed by atoms with Gasteiger partial charge in [0, 0.05) is 23.9 Å². The van der Waals surface area contributed by atoms with Gasteiger partial charge < -0.3 is 25.0 Å². The topological polar surface area (TPSA) is 106 Å². The summed E-state index contributed by atoms with van der Waals surface area (Å²) in [6, 6.07) is 16.0. The highest BCUT2D eigenvalue weighted by atomic mass is 19.1. The van der Waals surface area contributed by atoms with Gasteiger partial charge in [-0.25, -0.2) is 18.7 Å². The first-order chi connectivity index (χ1) is 21.1. The Balaban J connectivity index is 1.52. The molecule has 0 saturated carbocycles. The molecular formula is C33H33F2N5O4. The maximum absolute atomic E-state index is 14.8. The first-order valence-corrected chi connectivity index (χ1v) is 14.1. The summed E-state index contributed by atoms with van der Waals surface area (Å²) in [7, 11) is 3.08. The van der Waals surface area contributed by atoms with Crippen LogP contribution in [0, 0.1) is 11.6 Å². The minimum Gasteiger partial charge on any atom is -0.497 e. The molecule has 0 bridgehead atoms. The first-order valence-electron chi connectivity index (χ1n) is 14.1. The molecule has 0 saturated heterocycles. The molecule has 2 heterocycles. The molecule has 11 heteroatoms. The lowest BCUT2D eigenvalue weighted by Crippen LogP contribution is -2.39. The lowest BCUT2D eigenvalue weighted by atomic mass is 9.83. The molecule has 4 aromatic rings. The van der Waals surface area contributed by atoms with Gasteiger partial charge in [0.15, 0.2) is 5.82 Å². The average molecular weight is 602 g/mol. The van der Waals surface area contributed by atoms with Crippen molar-refractivity contribution in [2.45, 2.75) is 39.3 Å². The van der Waals surface area contributed by atoms with E-state index in [9.17, 15) is 18.4 Å². The van der Waals surface area contributed by atoms with Gasteiger partial charge in [-0.1, -0.05) is 18.2 Å². The summed E-state index contributed by atoms with van der Waals surface area (Å²) in [5, 5.41) is 6.00. The van der Waals surface area contributed by atoms with Gasteiger partial charge in [0.1, 0.15) is 34.5 Å². The van der Waals surface area contributed by atoms with Crippen molar-refractivity contribution in [2.24, 2.45) is 0 Å². The minimum absolute atomic E-state index is 0.0866. The number of amides is 2. The van der Waals surface area contributed by atoms with E-state index < -0.39 is 17.0 Å². The number of nitrogens with one attached hydrogen (secondary N) is 2. The number of hydrogen-bond donors (Lipinski definition) is 2. The number of likely N-dealkylation sites (N-methyl/N-ethyl adjacent to an activating group) is 1. The molecule has 1 aliphatic rings. The van der Waals surface area contributed by atoms with Crippen LogP contribution in [0.25, 0.3) is 11.4 Å². The third kappa shape index (κ3) is 5.77. The number of carbonyl (C=O) groups excluding carboxylic acids is 2. The van der Waals surface area contributed by atoms with E-state index in [-0.39, 0.29) is 47.7 Å². The lowest BCUT2D eigenvalue weighted by Gasteiger charge is -2.24. The van der Waals surface area contributed by atoms with Gasteiger partial charge in [-0.05, 0) is 62.7 Å². The SMILES string of the molecule is CCNC(=O)C(C)(C)c1ccc(Nc2nc(-c3c(F)cccc3F)nc3c2C(=O)N(Cc2ccc(OC)cc2OC)C3)cc1. The Labute approximate surface area is 254 Å². The van der Waals surface area contributed by atoms with Crippen LogP contribution in [0.2, 0.25) is 0 Å². The number of methoxy groups -OCH3 is 2. The normalized spacial score (nSPS) is 12.6. The zero-order valence-electron chi connectivity index (χ0n) is 25.1. The molecule has 5 rings (SSSR count). The molecule has 0 radical (unpaired) electrons. The van der Waals surface area contributed by atoms with E-state index in [1.165, 1.54) is 13.2 Å². The summed E-state index contributed by atoms with van der Waals surface area (Å²) < 4.78 is 40.5. The summed E-state index contributed by atoms with van der Waals surface area (Å²) in [4.78, 5) is 36.9.